The van der Waals surface area contributed by atoms with Crippen LogP contribution in [-0.4, -0.2) is 51.4 Å². The third-order valence-corrected chi connectivity index (χ3v) is 2.31. The zero-order valence-corrected chi connectivity index (χ0v) is 8.28. The van der Waals surface area contributed by atoms with Crippen LogP contribution in [0.4, 0.5) is 13.2 Å². The normalized spacial score (nSPS) is 30.6. The van der Waals surface area contributed by atoms with Crippen LogP contribution in [0.1, 0.15) is 13.3 Å². The lowest BCUT2D eigenvalue weighted by Crippen LogP contribution is -2.47. The molecule has 0 radical (unpaired) electrons. The molecule has 8 heteroatoms. The minimum Gasteiger partial charge on any atom is -0.480 e. The number of β-amino-alcohol motifs (C(OH)–C–C–N with tert-alkyl or cyclic N) is 1. The molecule has 1 rings (SSSR count). The molecule has 1 saturated heterocycles. The number of hydrogen-bond donors (Lipinski definition) is 2. The van der Waals surface area contributed by atoms with E-state index in [9.17, 15) is 27.9 Å². The molecule has 0 aromatic heterocycles. The van der Waals surface area contributed by atoms with E-state index in [1.165, 1.54) is 6.92 Å². The monoisotopic (exact) mass is 241 g/mol. The van der Waals surface area contributed by atoms with Gasteiger partial charge in [0.2, 0.25) is 0 Å². The summed E-state index contributed by atoms with van der Waals surface area (Å²) in [4.78, 5) is 21.7. The van der Waals surface area contributed by atoms with Gasteiger partial charge in [-0.15, -0.1) is 0 Å². The Balaban J connectivity index is 2.95. The summed E-state index contributed by atoms with van der Waals surface area (Å²) < 4.78 is 36.4. The zero-order chi connectivity index (χ0) is 12.7. The summed E-state index contributed by atoms with van der Waals surface area (Å²) in [5.74, 6) is -3.80. The van der Waals surface area contributed by atoms with Crippen LogP contribution < -0.4 is 0 Å². The fourth-order valence-corrected chi connectivity index (χ4v) is 1.67. The van der Waals surface area contributed by atoms with E-state index in [1.807, 2.05) is 0 Å². The van der Waals surface area contributed by atoms with Crippen molar-refractivity contribution in [2.75, 3.05) is 6.54 Å². The highest BCUT2D eigenvalue weighted by Crippen LogP contribution is 2.31. The van der Waals surface area contributed by atoms with Crippen LogP contribution in [0.3, 0.4) is 0 Å². The third-order valence-electron chi connectivity index (χ3n) is 2.31. The maximum atomic E-state index is 12.1. The highest BCUT2D eigenvalue weighted by molar-refractivity contribution is 5.87. The molecule has 1 aliphatic rings. The second kappa shape index (κ2) is 3.62. The Morgan fingerprint density at radius 3 is 2.31 bits per heavy atom. The van der Waals surface area contributed by atoms with Gasteiger partial charge in [-0.05, 0) is 6.92 Å². The summed E-state index contributed by atoms with van der Waals surface area (Å²) in [6.45, 7) is 0.551. The van der Waals surface area contributed by atoms with Crippen LogP contribution in [-0.2, 0) is 9.59 Å². The summed E-state index contributed by atoms with van der Waals surface area (Å²) in [6.07, 6.45) is -5.54. The van der Waals surface area contributed by atoms with Crippen molar-refractivity contribution < 1.29 is 33.0 Å². The molecule has 1 fully saturated rings. The first kappa shape index (κ1) is 12.8. The first-order valence-electron chi connectivity index (χ1n) is 4.37. The quantitative estimate of drug-likeness (QED) is 0.676. The van der Waals surface area contributed by atoms with Crippen LogP contribution in [0.2, 0.25) is 0 Å². The molecule has 0 aromatic rings. The molecular formula is C8H10F3NO4. The maximum absolute atomic E-state index is 12.1. The minimum absolute atomic E-state index is 0.141. The van der Waals surface area contributed by atoms with E-state index >= 15 is 0 Å². The second-order valence-corrected chi connectivity index (χ2v) is 3.99. The predicted molar refractivity (Wildman–Crippen MR) is 44.4 cm³/mol. The molecule has 0 aliphatic carbocycles. The third kappa shape index (κ3) is 2.43. The van der Waals surface area contributed by atoms with Gasteiger partial charge in [0.25, 0.3) is 0 Å². The number of likely N-dealkylation sites (tertiary alicyclic amines) is 1. The zero-order valence-electron chi connectivity index (χ0n) is 8.28. The van der Waals surface area contributed by atoms with Gasteiger partial charge in [0, 0.05) is 6.42 Å². The lowest BCUT2D eigenvalue weighted by Gasteiger charge is -2.22. The van der Waals surface area contributed by atoms with E-state index in [1.54, 1.807) is 0 Å². The molecule has 1 heterocycles. The standard InChI is InChI=1S/C8H10F3NO4/c1-7(16)2-4(5(13)14)12(3-7)6(15)8(9,10)11/h4,16H,2-3H2,1H3,(H,13,14)/t4-,7-/m0/s1. The number of nitrogens with zero attached hydrogens (tertiary/aromatic N) is 1. The second-order valence-electron chi connectivity index (χ2n) is 3.99. The minimum atomic E-state index is -5.13. The van der Waals surface area contributed by atoms with Crippen LogP contribution in [0.15, 0.2) is 0 Å². The Kier molecular flexibility index (Phi) is 2.88. The first-order chi connectivity index (χ1) is 7.04. The first-order valence-corrected chi connectivity index (χ1v) is 4.37. The lowest BCUT2D eigenvalue weighted by molar-refractivity contribution is -0.188. The summed E-state index contributed by atoms with van der Waals surface area (Å²) >= 11 is 0. The molecule has 0 aromatic carbocycles. The number of amides is 1. The molecule has 0 spiro atoms. The topological polar surface area (TPSA) is 77.8 Å². The molecule has 16 heavy (non-hydrogen) atoms. The summed E-state index contributed by atoms with van der Waals surface area (Å²) in [5, 5.41) is 18.1. The smallest absolute Gasteiger partial charge is 0.471 e. The number of aliphatic hydroxyl groups is 1. The van der Waals surface area contributed by atoms with Gasteiger partial charge >= 0.3 is 18.1 Å². The highest BCUT2D eigenvalue weighted by Gasteiger charge is 2.52. The Morgan fingerprint density at radius 2 is 1.94 bits per heavy atom. The van der Waals surface area contributed by atoms with Crippen molar-refractivity contribution in [1.29, 1.82) is 0 Å². The van der Waals surface area contributed by atoms with Crippen molar-refractivity contribution in [3.63, 3.8) is 0 Å². The van der Waals surface area contributed by atoms with E-state index in [2.05, 4.69) is 0 Å². The summed E-state index contributed by atoms with van der Waals surface area (Å²) in [5.41, 5.74) is -1.61. The van der Waals surface area contributed by atoms with E-state index < -0.39 is 42.7 Å². The largest absolute Gasteiger partial charge is 0.480 e. The number of carboxylic acid groups (broad SMARTS) is 1. The van der Waals surface area contributed by atoms with Crippen LogP contribution in [0, 0.1) is 0 Å². The number of alkyl halides is 3. The summed E-state index contributed by atoms with van der Waals surface area (Å²) in [7, 11) is 0. The number of carbonyl (C=O) groups excluding carboxylic acids is 1. The van der Waals surface area contributed by atoms with Crippen LogP contribution in [0.25, 0.3) is 0 Å². The number of hydrogen-bond acceptors (Lipinski definition) is 3. The molecule has 0 bridgehead atoms. The molecule has 2 atom stereocenters. The predicted octanol–water partition coefficient (Wildman–Crippen LogP) is -0.0148. The molecule has 92 valence electrons. The van der Waals surface area contributed by atoms with Gasteiger partial charge in [0.15, 0.2) is 0 Å². The number of carboxylic acids is 1. The number of aliphatic carboxylic acids is 1. The van der Waals surface area contributed by atoms with Gasteiger partial charge in [0.1, 0.15) is 6.04 Å². The Labute approximate surface area is 88.5 Å². The van der Waals surface area contributed by atoms with Crippen molar-refractivity contribution in [2.45, 2.75) is 31.2 Å². The van der Waals surface area contributed by atoms with E-state index in [0.29, 0.717) is 0 Å². The van der Waals surface area contributed by atoms with Crippen molar-refractivity contribution in [2.24, 2.45) is 0 Å². The van der Waals surface area contributed by atoms with Crippen molar-refractivity contribution >= 4 is 11.9 Å². The van der Waals surface area contributed by atoms with Crippen molar-refractivity contribution in [3.8, 4) is 0 Å². The molecule has 0 saturated carbocycles. The lowest BCUT2D eigenvalue weighted by atomic mass is 10.0. The van der Waals surface area contributed by atoms with Crippen LogP contribution in [0.5, 0.6) is 0 Å². The average molecular weight is 241 g/mol. The Bertz CT molecular complexity index is 326. The van der Waals surface area contributed by atoms with Crippen LogP contribution >= 0.6 is 0 Å². The fraction of sp³-hybridized carbons (Fsp3) is 0.750. The molecule has 2 N–H and O–H groups in total. The van der Waals surface area contributed by atoms with Gasteiger partial charge in [-0.1, -0.05) is 0 Å². The van der Waals surface area contributed by atoms with Gasteiger partial charge in [-0.2, -0.15) is 13.2 Å². The fourth-order valence-electron chi connectivity index (χ4n) is 1.67. The van der Waals surface area contributed by atoms with Gasteiger partial charge in [0.05, 0.1) is 12.1 Å². The Morgan fingerprint density at radius 1 is 1.44 bits per heavy atom. The van der Waals surface area contributed by atoms with E-state index in [-0.39, 0.29) is 4.90 Å². The number of rotatable bonds is 1. The molecule has 1 amide bonds. The van der Waals surface area contributed by atoms with Gasteiger partial charge in [-0.25, -0.2) is 4.79 Å². The number of halogens is 3. The van der Waals surface area contributed by atoms with Crippen molar-refractivity contribution in [3.05, 3.63) is 0 Å². The Hall–Kier alpha value is -1.31. The molecule has 1 aliphatic heterocycles. The maximum Gasteiger partial charge on any atom is 0.471 e. The van der Waals surface area contributed by atoms with Crippen molar-refractivity contribution in [1.82, 2.24) is 4.90 Å². The van der Waals surface area contributed by atoms with E-state index in [0.717, 1.165) is 0 Å². The van der Waals surface area contributed by atoms with E-state index in [4.69, 9.17) is 5.11 Å². The summed E-state index contributed by atoms with van der Waals surface area (Å²) in [6, 6.07) is -1.64. The molecule has 5 nitrogen and oxygen atoms in total. The van der Waals surface area contributed by atoms with Gasteiger partial charge in [-0.3, -0.25) is 4.79 Å². The highest BCUT2D eigenvalue weighted by atomic mass is 19.4. The number of carbonyl (C=O) groups is 2. The molecular weight excluding hydrogens is 231 g/mol. The average Bonchev–Trinajstić information content (AvgIpc) is 2.38. The molecule has 0 unspecified atom stereocenters. The SMILES string of the molecule is C[C@]1(O)C[C@@H](C(=O)O)N(C(=O)C(F)(F)F)C1. The van der Waals surface area contributed by atoms with Gasteiger partial charge < -0.3 is 15.1 Å².